The van der Waals surface area contributed by atoms with Crippen molar-refractivity contribution in [2.75, 3.05) is 13.2 Å². The van der Waals surface area contributed by atoms with E-state index in [-0.39, 0.29) is 6.29 Å². The summed E-state index contributed by atoms with van der Waals surface area (Å²) in [5.41, 5.74) is 1.15. The van der Waals surface area contributed by atoms with Crippen molar-refractivity contribution in [2.24, 2.45) is 0 Å². The average molecular weight is 182 g/mol. The Labute approximate surface area is 80.2 Å². The van der Waals surface area contributed by atoms with Gasteiger partial charge in [-0.05, 0) is 12.8 Å². The Morgan fingerprint density at radius 1 is 1.46 bits per heavy atom. The van der Waals surface area contributed by atoms with Crippen LogP contribution in [0.5, 0.6) is 0 Å². The van der Waals surface area contributed by atoms with E-state index in [1.54, 1.807) is 0 Å². The van der Waals surface area contributed by atoms with Gasteiger partial charge in [-0.1, -0.05) is 31.2 Å². The zero-order chi connectivity index (χ0) is 9.52. The molecule has 1 aliphatic rings. The monoisotopic (exact) mass is 182 g/mol. The molecule has 1 fully saturated rings. The van der Waals surface area contributed by atoms with E-state index in [0.29, 0.717) is 0 Å². The van der Waals surface area contributed by atoms with E-state index < -0.39 is 0 Å². The van der Waals surface area contributed by atoms with Gasteiger partial charge >= 0.3 is 0 Å². The number of hydrogen-bond donors (Lipinski definition) is 0. The zero-order valence-corrected chi connectivity index (χ0v) is 8.29. The lowest BCUT2D eigenvalue weighted by Crippen LogP contribution is -2.23. The molecule has 13 heavy (non-hydrogen) atoms. The van der Waals surface area contributed by atoms with Gasteiger partial charge in [0.15, 0.2) is 6.29 Å². The largest absolute Gasteiger partial charge is 0.352 e. The van der Waals surface area contributed by atoms with E-state index in [1.165, 1.54) is 0 Å². The van der Waals surface area contributed by atoms with Crippen LogP contribution < -0.4 is 0 Å². The molecule has 0 aromatic rings. The van der Waals surface area contributed by atoms with Crippen molar-refractivity contribution in [1.82, 2.24) is 0 Å². The second kappa shape index (κ2) is 5.95. The summed E-state index contributed by atoms with van der Waals surface area (Å²) >= 11 is 0. The molecule has 2 nitrogen and oxygen atoms in total. The van der Waals surface area contributed by atoms with Gasteiger partial charge in [0.1, 0.15) is 0 Å². The number of rotatable bonds is 4. The van der Waals surface area contributed by atoms with E-state index in [1.807, 2.05) is 6.08 Å². The molecule has 0 radical (unpaired) electrons. The lowest BCUT2D eigenvalue weighted by Gasteiger charge is -2.21. The Kier molecular flexibility index (Phi) is 4.79. The molecule has 0 aliphatic carbocycles. The molecule has 0 amide bonds. The van der Waals surface area contributed by atoms with Crippen LogP contribution in [-0.2, 0) is 9.47 Å². The van der Waals surface area contributed by atoms with Crippen LogP contribution in [0, 0.1) is 0 Å². The Hall–Kier alpha value is -0.600. The molecule has 2 heteroatoms. The molecule has 0 unspecified atom stereocenters. The van der Waals surface area contributed by atoms with Gasteiger partial charge in [-0.3, -0.25) is 0 Å². The third-order valence-electron chi connectivity index (χ3n) is 2.03. The molecule has 1 aliphatic heterocycles. The third kappa shape index (κ3) is 4.25. The smallest absolute Gasteiger partial charge is 0.160 e. The Bertz CT molecular complexity index is 179. The first-order chi connectivity index (χ1) is 6.33. The first-order valence-electron chi connectivity index (χ1n) is 4.90. The molecular formula is C11H18O2. The van der Waals surface area contributed by atoms with Crippen LogP contribution >= 0.6 is 0 Å². The van der Waals surface area contributed by atoms with Crippen LogP contribution in [-0.4, -0.2) is 19.5 Å². The number of allylic oxidation sites excluding steroid dienone is 2. The lowest BCUT2D eigenvalue weighted by atomic mass is 10.2. The van der Waals surface area contributed by atoms with Crippen molar-refractivity contribution < 1.29 is 9.47 Å². The topological polar surface area (TPSA) is 18.5 Å². The standard InChI is InChI=1S/C11H18O2/c1-3-10(2)6-4-7-11-12-8-5-9-13-11/h4,6,11H,2-3,5,7-9H2,1H3/b6-4+. The van der Waals surface area contributed by atoms with Crippen LogP contribution in [0.2, 0.25) is 0 Å². The van der Waals surface area contributed by atoms with Gasteiger partial charge in [0, 0.05) is 6.42 Å². The van der Waals surface area contributed by atoms with E-state index >= 15 is 0 Å². The van der Waals surface area contributed by atoms with Crippen LogP contribution in [0.25, 0.3) is 0 Å². The molecule has 1 heterocycles. The fourth-order valence-electron chi connectivity index (χ4n) is 1.14. The van der Waals surface area contributed by atoms with Crippen molar-refractivity contribution in [3.63, 3.8) is 0 Å². The number of ether oxygens (including phenoxy) is 2. The molecule has 1 rings (SSSR count). The summed E-state index contributed by atoms with van der Waals surface area (Å²) in [6, 6.07) is 0. The van der Waals surface area contributed by atoms with Gasteiger partial charge in [-0.15, -0.1) is 0 Å². The molecular weight excluding hydrogens is 164 g/mol. The molecule has 0 bridgehead atoms. The van der Waals surface area contributed by atoms with E-state index in [2.05, 4.69) is 19.6 Å². The van der Waals surface area contributed by atoms with Gasteiger partial charge in [0.05, 0.1) is 13.2 Å². The van der Waals surface area contributed by atoms with Crippen molar-refractivity contribution in [3.05, 3.63) is 24.3 Å². The maximum atomic E-state index is 5.39. The first kappa shape index (κ1) is 10.5. The molecule has 0 N–H and O–H groups in total. The molecule has 0 atom stereocenters. The molecule has 0 spiro atoms. The van der Waals surface area contributed by atoms with Crippen molar-refractivity contribution in [3.8, 4) is 0 Å². The lowest BCUT2D eigenvalue weighted by molar-refractivity contribution is -0.175. The normalized spacial score (nSPS) is 19.5. The third-order valence-corrected chi connectivity index (χ3v) is 2.03. The second-order valence-electron chi connectivity index (χ2n) is 3.17. The van der Waals surface area contributed by atoms with Crippen LogP contribution in [0.1, 0.15) is 26.2 Å². The van der Waals surface area contributed by atoms with Crippen LogP contribution in [0.15, 0.2) is 24.3 Å². The quantitative estimate of drug-likeness (QED) is 0.622. The van der Waals surface area contributed by atoms with Gasteiger partial charge in [0.25, 0.3) is 0 Å². The van der Waals surface area contributed by atoms with Crippen molar-refractivity contribution >= 4 is 0 Å². The molecule has 0 aromatic carbocycles. The van der Waals surface area contributed by atoms with Crippen molar-refractivity contribution in [1.29, 1.82) is 0 Å². The predicted octanol–water partition coefficient (Wildman–Crippen LogP) is 2.66. The molecule has 0 saturated carbocycles. The number of hydrogen-bond acceptors (Lipinski definition) is 2. The second-order valence-corrected chi connectivity index (χ2v) is 3.17. The van der Waals surface area contributed by atoms with E-state index in [9.17, 15) is 0 Å². The van der Waals surface area contributed by atoms with E-state index in [0.717, 1.165) is 38.0 Å². The Morgan fingerprint density at radius 3 is 2.77 bits per heavy atom. The van der Waals surface area contributed by atoms with Gasteiger partial charge in [-0.2, -0.15) is 0 Å². The summed E-state index contributed by atoms with van der Waals surface area (Å²) in [6.07, 6.45) is 6.93. The van der Waals surface area contributed by atoms with Crippen LogP contribution in [0.4, 0.5) is 0 Å². The summed E-state index contributed by atoms with van der Waals surface area (Å²) in [6.45, 7) is 7.64. The maximum Gasteiger partial charge on any atom is 0.160 e. The summed E-state index contributed by atoms with van der Waals surface area (Å²) < 4.78 is 10.8. The van der Waals surface area contributed by atoms with Gasteiger partial charge in [-0.25, -0.2) is 0 Å². The molecule has 1 saturated heterocycles. The summed E-state index contributed by atoms with van der Waals surface area (Å²) in [4.78, 5) is 0. The zero-order valence-electron chi connectivity index (χ0n) is 8.29. The molecule has 0 aromatic heterocycles. The minimum absolute atomic E-state index is 0.0327. The highest BCUT2D eigenvalue weighted by atomic mass is 16.7. The summed E-state index contributed by atoms with van der Waals surface area (Å²) in [7, 11) is 0. The van der Waals surface area contributed by atoms with Gasteiger partial charge < -0.3 is 9.47 Å². The fraction of sp³-hybridized carbons (Fsp3) is 0.636. The minimum Gasteiger partial charge on any atom is -0.352 e. The molecule has 74 valence electrons. The van der Waals surface area contributed by atoms with Crippen molar-refractivity contribution in [2.45, 2.75) is 32.5 Å². The Balaban J connectivity index is 2.16. The summed E-state index contributed by atoms with van der Waals surface area (Å²) in [5.74, 6) is 0. The van der Waals surface area contributed by atoms with Gasteiger partial charge in [0.2, 0.25) is 0 Å². The highest BCUT2D eigenvalue weighted by molar-refractivity contribution is 5.13. The Morgan fingerprint density at radius 2 is 2.15 bits per heavy atom. The highest BCUT2D eigenvalue weighted by Gasteiger charge is 2.11. The van der Waals surface area contributed by atoms with E-state index in [4.69, 9.17) is 9.47 Å². The predicted molar refractivity (Wildman–Crippen MR) is 53.5 cm³/mol. The van der Waals surface area contributed by atoms with Crippen LogP contribution in [0.3, 0.4) is 0 Å². The minimum atomic E-state index is -0.0327. The maximum absolute atomic E-state index is 5.39. The SMILES string of the molecule is C=C(/C=C/CC1OCCCO1)CC. The fourth-order valence-corrected chi connectivity index (χ4v) is 1.14. The average Bonchev–Trinajstić information content (AvgIpc) is 2.19. The highest BCUT2D eigenvalue weighted by Crippen LogP contribution is 2.09. The summed E-state index contributed by atoms with van der Waals surface area (Å²) in [5, 5.41) is 0. The first-order valence-corrected chi connectivity index (χ1v) is 4.90.